The lowest BCUT2D eigenvalue weighted by Crippen LogP contribution is -2.27. The summed E-state index contributed by atoms with van der Waals surface area (Å²) in [6.45, 7) is 8.14. The molecule has 1 heterocycles. The first-order valence-electron chi connectivity index (χ1n) is 6.70. The summed E-state index contributed by atoms with van der Waals surface area (Å²) in [6.07, 6.45) is 9.29. The fraction of sp³-hybridized carbons (Fsp3) is 0.714. The Kier molecular flexibility index (Phi) is 7.49. The van der Waals surface area contributed by atoms with Gasteiger partial charge >= 0.3 is 9.28 Å². The first-order chi connectivity index (χ1) is 8.18. The van der Waals surface area contributed by atoms with Gasteiger partial charge in [0.15, 0.2) is 0 Å². The highest BCUT2D eigenvalue weighted by atomic mass is 28.3. The number of allylic oxidation sites excluding steroid dienone is 3. The van der Waals surface area contributed by atoms with Gasteiger partial charge in [0.1, 0.15) is 0 Å². The van der Waals surface area contributed by atoms with E-state index >= 15 is 0 Å². The Labute approximate surface area is 108 Å². The van der Waals surface area contributed by atoms with Crippen molar-refractivity contribution in [3.63, 3.8) is 0 Å². The SMILES string of the molecule is CC(C)=CCCC(C)=CCO[SiH]1CCCCO1. The lowest BCUT2D eigenvalue weighted by Gasteiger charge is -2.20. The molecule has 1 aliphatic rings. The molecule has 1 saturated heterocycles. The molecule has 1 aliphatic heterocycles. The Morgan fingerprint density at radius 1 is 1.24 bits per heavy atom. The molecule has 1 atom stereocenters. The maximum atomic E-state index is 5.81. The molecule has 0 saturated carbocycles. The molecule has 2 nitrogen and oxygen atoms in total. The number of hydrogen-bond acceptors (Lipinski definition) is 2. The van der Waals surface area contributed by atoms with Crippen molar-refractivity contribution in [2.24, 2.45) is 0 Å². The van der Waals surface area contributed by atoms with Crippen LogP contribution >= 0.6 is 0 Å². The van der Waals surface area contributed by atoms with E-state index in [4.69, 9.17) is 8.85 Å². The molecule has 17 heavy (non-hydrogen) atoms. The van der Waals surface area contributed by atoms with E-state index in [1.54, 1.807) is 0 Å². The first kappa shape index (κ1) is 14.7. The zero-order valence-corrected chi connectivity index (χ0v) is 12.7. The lowest BCUT2D eigenvalue weighted by atomic mass is 10.1. The predicted octanol–water partition coefficient (Wildman–Crippen LogP) is 3.73. The molecule has 0 aliphatic carbocycles. The van der Waals surface area contributed by atoms with Crippen molar-refractivity contribution >= 4 is 9.28 Å². The van der Waals surface area contributed by atoms with Gasteiger partial charge < -0.3 is 8.85 Å². The molecule has 0 aromatic rings. The van der Waals surface area contributed by atoms with E-state index in [0.29, 0.717) is 0 Å². The Morgan fingerprint density at radius 2 is 2.06 bits per heavy atom. The minimum atomic E-state index is -1.28. The molecule has 98 valence electrons. The summed E-state index contributed by atoms with van der Waals surface area (Å²) in [5.41, 5.74) is 2.82. The molecular weight excluding hydrogens is 228 g/mol. The summed E-state index contributed by atoms with van der Waals surface area (Å²) in [5.74, 6) is 0. The Balaban J connectivity index is 2.12. The zero-order valence-electron chi connectivity index (χ0n) is 11.5. The average Bonchev–Trinajstić information content (AvgIpc) is 2.30. The molecule has 0 bridgehead atoms. The van der Waals surface area contributed by atoms with Gasteiger partial charge in [-0.3, -0.25) is 0 Å². The molecule has 0 N–H and O–H groups in total. The summed E-state index contributed by atoms with van der Waals surface area (Å²) >= 11 is 0. The highest BCUT2D eigenvalue weighted by Crippen LogP contribution is 2.12. The quantitative estimate of drug-likeness (QED) is 0.531. The van der Waals surface area contributed by atoms with Gasteiger partial charge in [-0.25, -0.2) is 0 Å². The lowest BCUT2D eigenvalue weighted by molar-refractivity contribution is 0.191. The second-order valence-electron chi connectivity index (χ2n) is 5.00. The third kappa shape index (κ3) is 7.52. The minimum absolute atomic E-state index is 0.748. The van der Waals surface area contributed by atoms with Crippen molar-refractivity contribution < 1.29 is 8.85 Å². The van der Waals surface area contributed by atoms with Crippen LogP contribution in [0.15, 0.2) is 23.3 Å². The average molecular weight is 254 g/mol. The zero-order chi connectivity index (χ0) is 12.5. The molecule has 1 rings (SSSR count). The van der Waals surface area contributed by atoms with Crippen molar-refractivity contribution in [2.45, 2.75) is 52.5 Å². The highest BCUT2D eigenvalue weighted by Gasteiger charge is 2.16. The molecule has 0 radical (unpaired) electrons. The molecule has 3 heteroatoms. The van der Waals surface area contributed by atoms with Gasteiger partial charge in [-0.05, 0) is 52.5 Å². The van der Waals surface area contributed by atoms with Gasteiger partial charge in [-0.2, -0.15) is 0 Å². The molecule has 1 unspecified atom stereocenters. The molecule has 0 amide bonds. The van der Waals surface area contributed by atoms with E-state index in [1.165, 1.54) is 30.0 Å². The smallest absolute Gasteiger partial charge is 0.321 e. The van der Waals surface area contributed by atoms with E-state index in [-0.39, 0.29) is 0 Å². The van der Waals surface area contributed by atoms with E-state index in [0.717, 1.165) is 26.1 Å². The van der Waals surface area contributed by atoms with Crippen LogP contribution in [0.25, 0.3) is 0 Å². The Hall–Kier alpha value is -0.383. The minimum Gasteiger partial charge on any atom is -0.397 e. The van der Waals surface area contributed by atoms with Crippen molar-refractivity contribution in [2.75, 3.05) is 13.2 Å². The van der Waals surface area contributed by atoms with Crippen LogP contribution in [0.2, 0.25) is 6.04 Å². The number of rotatable bonds is 6. The normalized spacial score (nSPS) is 21.4. The van der Waals surface area contributed by atoms with Crippen molar-refractivity contribution in [3.8, 4) is 0 Å². The van der Waals surface area contributed by atoms with Gasteiger partial charge in [0, 0.05) is 6.61 Å². The number of hydrogen-bond donors (Lipinski definition) is 0. The van der Waals surface area contributed by atoms with Gasteiger partial charge in [0.25, 0.3) is 0 Å². The summed E-state index contributed by atoms with van der Waals surface area (Å²) in [5, 5.41) is 0. The fourth-order valence-corrected chi connectivity index (χ4v) is 3.62. The van der Waals surface area contributed by atoms with E-state index in [2.05, 4.69) is 32.9 Å². The molecular formula is C14H26O2Si. The maximum Gasteiger partial charge on any atom is 0.321 e. The topological polar surface area (TPSA) is 18.5 Å². The first-order valence-corrected chi connectivity index (χ1v) is 8.46. The van der Waals surface area contributed by atoms with Crippen molar-refractivity contribution in [1.82, 2.24) is 0 Å². The third-order valence-corrected chi connectivity index (χ3v) is 4.99. The van der Waals surface area contributed by atoms with Gasteiger partial charge in [-0.1, -0.05) is 23.3 Å². The molecule has 1 fully saturated rings. The summed E-state index contributed by atoms with van der Waals surface area (Å²) in [4.78, 5) is 0. The van der Waals surface area contributed by atoms with Crippen molar-refractivity contribution in [1.29, 1.82) is 0 Å². The van der Waals surface area contributed by atoms with Crippen LogP contribution in [-0.2, 0) is 8.85 Å². The Morgan fingerprint density at radius 3 is 2.71 bits per heavy atom. The monoisotopic (exact) mass is 254 g/mol. The predicted molar refractivity (Wildman–Crippen MR) is 75.5 cm³/mol. The molecule has 0 aromatic heterocycles. The van der Waals surface area contributed by atoms with Crippen LogP contribution in [0.5, 0.6) is 0 Å². The van der Waals surface area contributed by atoms with Gasteiger partial charge in [0.05, 0.1) is 6.61 Å². The maximum absolute atomic E-state index is 5.81. The van der Waals surface area contributed by atoms with Gasteiger partial charge in [-0.15, -0.1) is 0 Å². The highest BCUT2D eigenvalue weighted by molar-refractivity contribution is 6.44. The second-order valence-corrected chi connectivity index (χ2v) is 7.10. The third-order valence-electron chi connectivity index (χ3n) is 2.94. The van der Waals surface area contributed by atoms with Crippen molar-refractivity contribution in [3.05, 3.63) is 23.3 Å². The van der Waals surface area contributed by atoms with Crippen LogP contribution in [-0.4, -0.2) is 22.5 Å². The summed E-state index contributed by atoms with van der Waals surface area (Å²) in [7, 11) is -1.28. The fourth-order valence-electron chi connectivity index (χ4n) is 1.83. The molecule has 0 aromatic carbocycles. The summed E-state index contributed by atoms with van der Waals surface area (Å²) in [6, 6.07) is 1.19. The van der Waals surface area contributed by atoms with Crippen LogP contribution in [0.4, 0.5) is 0 Å². The van der Waals surface area contributed by atoms with E-state index in [1.807, 2.05) is 0 Å². The second kappa shape index (κ2) is 8.67. The Bertz CT molecular complexity index is 261. The van der Waals surface area contributed by atoms with Crippen LogP contribution in [0.1, 0.15) is 46.5 Å². The van der Waals surface area contributed by atoms with E-state index < -0.39 is 9.28 Å². The van der Waals surface area contributed by atoms with Gasteiger partial charge in [0.2, 0.25) is 0 Å². The van der Waals surface area contributed by atoms with Crippen LogP contribution < -0.4 is 0 Å². The van der Waals surface area contributed by atoms with Crippen LogP contribution in [0.3, 0.4) is 0 Å². The standard InChI is InChI=1S/C14H26O2Si/c1-13(2)7-6-8-14(3)9-11-16-17-12-5-4-10-15-17/h7,9,17H,4-6,8,10-12H2,1-3H3. The van der Waals surface area contributed by atoms with Crippen LogP contribution in [0, 0.1) is 0 Å². The summed E-state index contributed by atoms with van der Waals surface area (Å²) < 4.78 is 11.5. The van der Waals surface area contributed by atoms with E-state index in [9.17, 15) is 0 Å². The largest absolute Gasteiger partial charge is 0.397 e. The molecule has 0 spiro atoms.